The lowest BCUT2D eigenvalue weighted by Gasteiger charge is -2.26. The van der Waals surface area contributed by atoms with Gasteiger partial charge in [0.05, 0.1) is 0 Å². The van der Waals surface area contributed by atoms with Crippen LogP contribution in [0.2, 0.25) is 0 Å². The molecule has 4 nitrogen and oxygen atoms in total. The first-order chi connectivity index (χ1) is 7.97. The molecule has 0 aromatic rings. The fourth-order valence-electron chi connectivity index (χ4n) is 2.52. The third-order valence-corrected chi connectivity index (χ3v) is 3.78. The van der Waals surface area contributed by atoms with Crippen LogP contribution >= 0.6 is 0 Å². The van der Waals surface area contributed by atoms with Gasteiger partial charge in [0.25, 0.3) is 0 Å². The maximum atomic E-state index is 11.8. The van der Waals surface area contributed by atoms with Crippen molar-refractivity contribution in [2.75, 3.05) is 0 Å². The maximum absolute atomic E-state index is 11.8. The van der Waals surface area contributed by atoms with E-state index in [1.807, 2.05) is 20.8 Å². The predicted octanol–water partition coefficient (Wildman–Crippen LogP) is 2.52. The molecule has 4 heteroatoms. The highest BCUT2D eigenvalue weighted by Crippen LogP contribution is 2.53. The number of amides is 1. The lowest BCUT2D eigenvalue weighted by atomic mass is 9.95. The van der Waals surface area contributed by atoms with Crippen molar-refractivity contribution in [3.63, 3.8) is 0 Å². The van der Waals surface area contributed by atoms with E-state index in [-0.39, 0.29) is 23.6 Å². The summed E-state index contributed by atoms with van der Waals surface area (Å²) in [5.41, 5.74) is 5.73. The molecule has 3 atom stereocenters. The molecule has 0 radical (unpaired) electrons. The molecule has 0 bridgehead atoms. The van der Waals surface area contributed by atoms with Gasteiger partial charge in [-0.25, -0.2) is 4.79 Å². The first-order valence-electron chi connectivity index (χ1n) is 6.72. The summed E-state index contributed by atoms with van der Waals surface area (Å²) in [5, 5.41) is 2.98. The standard InChI is InChI=1S/C14H28N2O2/c1-8(2)10(9-11(15)14(9,6)7)16-12(17)18-13(3,4)5/h8-11H,15H2,1-7H3,(H,16,17)/t9-,10?,11-/m1/s1. The van der Waals surface area contributed by atoms with Crippen LogP contribution in [0.15, 0.2) is 0 Å². The Hall–Kier alpha value is -0.770. The Bertz CT molecular complexity index is 318. The minimum atomic E-state index is -0.465. The summed E-state index contributed by atoms with van der Waals surface area (Å²) in [5.74, 6) is 0.667. The minimum Gasteiger partial charge on any atom is -0.444 e. The van der Waals surface area contributed by atoms with Crippen molar-refractivity contribution in [3.8, 4) is 0 Å². The van der Waals surface area contributed by atoms with Gasteiger partial charge in [0.1, 0.15) is 5.60 Å². The molecule has 0 aliphatic heterocycles. The molecule has 0 aromatic heterocycles. The summed E-state index contributed by atoms with van der Waals surface area (Å²) in [6.07, 6.45) is -0.351. The fraction of sp³-hybridized carbons (Fsp3) is 0.929. The average molecular weight is 256 g/mol. The Morgan fingerprint density at radius 2 is 1.78 bits per heavy atom. The lowest BCUT2D eigenvalue weighted by Crippen LogP contribution is -2.44. The van der Waals surface area contributed by atoms with E-state index in [1.54, 1.807) is 0 Å². The van der Waals surface area contributed by atoms with Gasteiger partial charge in [0.15, 0.2) is 0 Å². The van der Waals surface area contributed by atoms with E-state index >= 15 is 0 Å². The Labute approximate surface area is 111 Å². The Morgan fingerprint density at radius 1 is 1.33 bits per heavy atom. The van der Waals surface area contributed by atoms with Gasteiger partial charge < -0.3 is 15.8 Å². The van der Waals surface area contributed by atoms with E-state index in [0.29, 0.717) is 11.8 Å². The molecule has 3 N–H and O–H groups in total. The van der Waals surface area contributed by atoms with Gasteiger partial charge in [0.2, 0.25) is 0 Å². The number of hydrogen-bond donors (Lipinski definition) is 2. The van der Waals surface area contributed by atoms with E-state index in [4.69, 9.17) is 10.5 Å². The van der Waals surface area contributed by atoms with Gasteiger partial charge in [-0.2, -0.15) is 0 Å². The van der Waals surface area contributed by atoms with Crippen LogP contribution in [0.1, 0.15) is 48.5 Å². The number of carbonyl (C=O) groups excluding carboxylic acids is 1. The van der Waals surface area contributed by atoms with Crippen molar-refractivity contribution >= 4 is 6.09 Å². The molecule has 1 unspecified atom stereocenters. The van der Waals surface area contributed by atoms with Crippen molar-refractivity contribution in [2.45, 2.75) is 66.2 Å². The van der Waals surface area contributed by atoms with Gasteiger partial charge in [0, 0.05) is 18.0 Å². The number of nitrogens with one attached hydrogen (secondary N) is 1. The summed E-state index contributed by atoms with van der Waals surface area (Å²) in [4.78, 5) is 11.8. The highest BCUT2D eigenvalue weighted by Gasteiger charge is 2.59. The van der Waals surface area contributed by atoms with Gasteiger partial charge in [-0.05, 0) is 32.1 Å². The first-order valence-corrected chi connectivity index (χ1v) is 6.72. The summed E-state index contributed by atoms with van der Waals surface area (Å²) < 4.78 is 5.31. The molecular formula is C14H28N2O2. The largest absolute Gasteiger partial charge is 0.444 e. The fourth-order valence-corrected chi connectivity index (χ4v) is 2.52. The number of hydrogen-bond acceptors (Lipinski definition) is 3. The van der Waals surface area contributed by atoms with Crippen molar-refractivity contribution in [1.82, 2.24) is 5.32 Å². The van der Waals surface area contributed by atoms with Crippen molar-refractivity contribution in [3.05, 3.63) is 0 Å². The number of nitrogens with two attached hydrogens (primary N) is 1. The second-order valence-electron chi connectivity index (χ2n) is 7.29. The zero-order valence-electron chi connectivity index (χ0n) is 12.7. The van der Waals surface area contributed by atoms with Crippen LogP contribution in [0, 0.1) is 17.3 Å². The van der Waals surface area contributed by atoms with Crippen LogP contribution in [-0.4, -0.2) is 23.8 Å². The minimum absolute atomic E-state index is 0.0739. The molecule has 0 aromatic carbocycles. The third kappa shape index (κ3) is 3.37. The van der Waals surface area contributed by atoms with Crippen LogP contribution in [0.3, 0.4) is 0 Å². The predicted molar refractivity (Wildman–Crippen MR) is 73.2 cm³/mol. The Morgan fingerprint density at radius 3 is 2.06 bits per heavy atom. The van der Waals surface area contributed by atoms with Gasteiger partial charge in [-0.1, -0.05) is 27.7 Å². The second-order valence-corrected chi connectivity index (χ2v) is 7.29. The number of alkyl carbamates (subject to hydrolysis) is 1. The summed E-state index contributed by atoms with van der Waals surface area (Å²) in [6.45, 7) is 14.1. The smallest absolute Gasteiger partial charge is 0.407 e. The van der Waals surface area contributed by atoms with Crippen LogP contribution in [0.5, 0.6) is 0 Å². The summed E-state index contributed by atoms with van der Waals surface area (Å²) in [6, 6.07) is 0.227. The number of rotatable bonds is 3. The van der Waals surface area contributed by atoms with E-state index < -0.39 is 5.60 Å². The van der Waals surface area contributed by atoms with Crippen molar-refractivity contribution in [2.24, 2.45) is 23.0 Å². The zero-order chi connectivity index (χ0) is 14.3. The molecule has 1 fully saturated rings. The molecule has 0 spiro atoms. The maximum Gasteiger partial charge on any atom is 0.407 e. The molecule has 1 aliphatic carbocycles. The van der Waals surface area contributed by atoms with Crippen LogP contribution in [-0.2, 0) is 4.74 Å². The quantitative estimate of drug-likeness (QED) is 0.815. The topological polar surface area (TPSA) is 64.3 Å². The molecule has 1 amide bonds. The molecule has 0 saturated heterocycles. The Balaban J connectivity index is 2.64. The summed E-state index contributed by atoms with van der Waals surface area (Å²) in [7, 11) is 0. The van der Waals surface area contributed by atoms with E-state index in [2.05, 4.69) is 33.0 Å². The second kappa shape index (κ2) is 4.72. The average Bonchev–Trinajstić information content (AvgIpc) is 2.59. The molecule has 18 heavy (non-hydrogen) atoms. The number of carbonyl (C=O) groups is 1. The highest BCUT2D eigenvalue weighted by atomic mass is 16.6. The molecule has 1 aliphatic rings. The van der Waals surface area contributed by atoms with E-state index in [1.165, 1.54) is 0 Å². The molecule has 0 heterocycles. The molecular weight excluding hydrogens is 228 g/mol. The van der Waals surface area contributed by atoms with E-state index in [0.717, 1.165) is 0 Å². The van der Waals surface area contributed by atoms with Crippen LogP contribution < -0.4 is 11.1 Å². The molecule has 1 rings (SSSR count). The first kappa shape index (κ1) is 15.3. The zero-order valence-corrected chi connectivity index (χ0v) is 12.7. The van der Waals surface area contributed by atoms with Crippen molar-refractivity contribution < 1.29 is 9.53 Å². The highest BCUT2D eigenvalue weighted by molar-refractivity contribution is 5.68. The van der Waals surface area contributed by atoms with Gasteiger partial charge >= 0.3 is 6.09 Å². The van der Waals surface area contributed by atoms with Gasteiger partial charge in [-0.15, -0.1) is 0 Å². The van der Waals surface area contributed by atoms with E-state index in [9.17, 15) is 4.79 Å². The summed E-state index contributed by atoms with van der Waals surface area (Å²) >= 11 is 0. The van der Waals surface area contributed by atoms with Crippen LogP contribution in [0.4, 0.5) is 4.79 Å². The SMILES string of the molecule is CC(C)C(NC(=O)OC(C)(C)C)[C@@H]1[C@@H](N)C1(C)C. The van der Waals surface area contributed by atoms with Crippen molar-refractivity contribution in [1.29, 1.82) is 0 Å². The monoisotopic (exact) mass is 256 g/mol. The van der Waals surface area contributed by atoms with Gasteiger partial charge in [-0.3, -0.25) is 0 Å². The molecule has 106 valence electrons. The lowest BCUT2D eigenvalue weighted by molar-refractivity contribution is 0.0477. The normalized spacial score (nSPS) is 27.8. The third-order valence-electron chi connectivity index (χ3n) is 3.78. The number of ether oxygens (including phenoxy) is 1. The van der Waals surface area contributed by atoms with Crippen LogP contribution in [0.25, 0.3) is 0 Å². The molecule has 1 saturated carbocycles. The Kier molecular flexibility index (Phi) is 4.01.